The maximum Gasteiger partial charge on any atom is 0.220 e. The monoisotopic (exact) mass is 667 g/mol. The Balaban J connectivity index is 1.26. The van der Waals surface area contributed by atoms with E-state index < -0.39 is 6.29 Å². The molecular weight excluding hydrogens is 614 g/mol. The van der Waals surface area contributed by atoms with Gasteiger partial charge in [0.1, 0.15) is 0 Å². The third-order valence-corrected chi connectivity index (χ3v) is 9.62. The molecule has 3 N–H and O–H groups in total. The molecule has 8 heteroatoms. The molecule has 1 aliphatic carbocycles. The Hall–Kier alpha value is -3.82. The van der Waals surface area contributed by atoms with Crippen LogP contribution in [-0.4, -0.2) is 53.6 Å². The zero-order valence-electron chi connectivity index (χ0n) is 28.9. The van der Waals surface area contributed by atoms with E-state index in [0.717, 1.165) is 72.2 Å². The van der Waals surface area contributed by atoms with Crippen LogP contribution in [0.1, 0.15) is 99.4 Å². The molecule has 2 aliphatic rings. The second-order valence-corrected chi connectivity index (χ2v) is 13.4. The fourth-order valence-corrected chi connectivity index (χ4v) is 6.97. The van der Waals surface area contributed by atoms with Crippen molar-refractivity contribution in [3.05, 3.63) is 108 Å². The molecule has 0 unspecified atom stereocenters. The number of hydrogen-bond acceptors (Lipinski definition) is 6. The predicted molar refractivity (Wildman–Crippen MR) is 193 cm³/mol. The molecule has 0 aromatic heterocycles. The second-order valence-electron chi connectivity index (χ2n) is 13.4. The van der Waals surface area contributed by atoms with E-state index in [1.165, 1.54) is 32.6 Å². The molecule has 49 heavy (non-hydrogen) atoms. The van der Waals surface area contributed by atoms with E-state index in [1.54, 1.807) is 0 Å². The average molecular weight is 668 g/mol. The Morgan fingerprint density at radius 2 is 1.65 bits per heavy atom. The maximum absolute atomic E-state index is 12.5. The zero-order valence-corrected chi connectivity index (χ0v) is 28.9. The van der Waals surface area contributed by atoms with E-state index in [-0.39, 0.29) is 30.6 Å². The summed E-state index contributed by atoms with van der Waals surface area (Å²) in [5.41, 5.74) is 6.09. The number of nitrogens with one attached hydrogen (secondary N) is 2. The lowest BCUT2D eigenvalue weighted by Crippen LogP contribution is -2.43. The van der Waals surface area contributed by atoms with Crippen LogP contribution in [0.25, 0.3) is 11.1 Å². The van der Waals surface area contributed by atoms with Crippen molar-refractivity contribution in [2.75, 3.05) is 19.6 Å². The smallest absolute Gasteiger partial charge is 0.220 e. The highest BCUT2D eigenvalue weighted by Gasteiger charge is 2.34. The van der Waals surface area contributed by atoms with Crippen LogP contribution in [0.5, 0.6) is 0 Å². The predicted octanol–water partition coefficient (Wildman–Crippen LogP) is 7.13. The Bertz CT molecular complexity index is 1500. The van der Waals surface area contributed by atoms with Crippen LogP contribution in [0.3, 0.4) is 0 Å². The van der Waals surface area contributed by atoms with Crippen LogP contribution in [0, 0.1) is 0 Å². The first-order valence-corrected chi connectivity index (χ1v) is 18.0. The lowest BCUT2D eigenvalue weighted by molar-refractivity contribution is -0.253. The molecule has 1 saturated carbocycles. The summed E-state index contributed by atoms with van der Waals surface area (Å²) in [5.74, 6) is 0.0140. The minimum atomic E-state index is -0.531. The van der Waals surface area contributed by atoms with Gasteiger partial charge in [0, 0.05) is 57.5 Å². The van der Waals surface area contributed by atoms with E-state index in [4.69, 9.17) is 9.47 Å². The summed E-state index contributed by atoms with van der Waals surface area (Å²) < 4.78 is 13.4. The van der Waals surface area contributed by atoms with Gasteiger partial charge in [-0.25, -0.2) is 0 Å². The van der Waals surface area contributed by atoms with Gasteiger partial charge in [-0.05, 0) is 65.6 Å². The Kier molecular flexibility index (Phi) is 14.0. The minimum absolute atomic E-state index is 0.0144. The molecule has 1 saturated heterocycles. The average Bonchev–Trinajstić information content (AvgIpc) is 3.67. The first-order valence-electron chi connectivity index (χ1n) is 18.0. The number of benzene rings is 3. The number of carbonyl (C=O) groups excluding carboxylic acids is 2. The third-order valence-electron chi connectivity index (χ3n) is 9.62. The van der Waals surface area contributed by atoms with Crippen molar-refractivity contribution in [1.82, 2.24) is 15.5 Å². The van der Waals surface area contributed by atoms with Crippen molar-refractivity contribution >= 4 is 11.8 Å². The third kappa shape index (κ3) is 11.1. The SMILES string of the molecule is C=CCN(C[C@@H]1C[C@H](c2ccc(CO)cc2)O[C@H](c2cccc(-c3cccc(CNC(=O)CCCCCNC(C)=O)c3)c2)O1)C1CCCC1. The minimum Gasteiger partial charge on any atom is -0.392 e. The number of unbranched alkanes of at least 4 members (excludes halogenated alkanes) is 2. The van der Waals surface area contributed by atoms with Gasteiger partial charge in [0.25, 0.3) is 0 Å². The molecular formula is C41H53N3O5. The first-order chi connectivity index (χ1) is 23.9. The normalized spacial score (nSPS) is 19.5. The van der Waals surface area contributed by atoms with E-state index in [1.807, 2.05) is 30.3 Å². The molecule has 5 rings (SSSR count). The second kappa shape index (κ2) is 18.8. The number of aliphatic hydroxyl groups excluding tert-OH is 1. The van der Waals surface area contributed by atoms with Crippen molar-refractivity contribution in [1.29, 1.82) is 0 Å². The fraction of sp³-hybridized carbons (Fsp3) is 0.463. The van der Waals surface area contributed by atoms with Crippen LogP contribution < -0.4 is 10.6 Å². The van der Waals surface area contributed by atoms with Crippen LogP contribution >= 0.6 is 0 Å². The van der Waals surface area contributed by atoms with Crippen molar-refractivity contribution < 1.29 is 24.2 Å². The Labute approximate surface area is 291 Å². The number of amides is 2. The van der Waals surface area contributed by atoms with Gasteiger partial charge in [0.05, 0.1) is 18.8 Å². The number of nitrogens with zero attached hydrogens (tertiary/aromatic N) is 1. The van der Waals surface area contributed by atoms with E-state index >= 15 is 0 Å². The highest BCUT2D eigenvalue weighted by Crippen LogP contribution is 2.39. The van der Waals surface area contributed by atoms with Gasteiger partial charge in [-0.1, -0.05) is 86.0 Å². The molecule has 0 bridgehead atoms. The molecule has 3 atom stereocenters. The van der Waals surface area contributed by atoms with E-state index in [9.17, 15) is 14.7 Å². The molecule has 262 valence electrons. The van der Waals surface area contributed by atoms with Gasteiger partial charge in [-0.15, -0.1) is 6.58 Å². The highest BCUT2D eigenvalue weighted by atomic mass is 16.7. The van der Waals surface area contributed by atoms with Gasteiger partial charge >= 0.3 is 0 Å². The first kappa shape index (κ1) is 36.5. The molecule has 2 amide bonds. The highest BCUT2D eigenvalue weighted by molar-refractivity contribution is 5.76. The van der Waals surface area contributed by atoms with Crippen LogP contribution in [0.4, 0.5) is 0 Å². The molecule has 1 aliphatic heterocycles. The van der Waals surface area contributed by atoms with Gasteiger partial charge in [-0.3, -0.25) is 14.5 Å². The van der Waals surface area contributed by atoms with Gasteiger partial charge in [0.15, 0.2) is 6.29 Å². The number of hydrogen-bond donors (Lipinski definition) is 3. The summed E-state index contributed by atoms with van der Waals surface area (Å²) in [5, 5.41) is 15.4. The van der Waals surface area contributed by atoms with E-state index in [0.29, 0.717) is 25.6 Å². The standard InChI is InChI=1S/C41H53N3O5/c1-3-23-44(37-15-6-7-16-37)28-38-26-39(33-20-18-31(29-45)19-21-33)49-41(48-38)36-14-10-13-35(25-36)34-12-9-11-32(24-34)27-43-40(47)17-5-4-8-22-42-30(2)46/h3,9-14,18-21,24-25,37-39,41,45H,1,4-8,15-17,22-23,26-29H2,2H3,(H,42,46)(H,43,47)/t38-,39+,41+/m0/s1. The Morgan fingerprint density at radius 1 is 0.898 bits per heavy atom. The molecule has 1 heterocycles. The summed E-state index contributed by atoms with van der Waals surface area (Å²) in [6.07, 6.45) is 10.1. The van der Waals surface area contributed by atoms with Crippen LogP contribution in [0.15, 0.2) is 85.5 Å². The topological polar surface area (TPSA) is 100 Å². The fourth-order valence-electron chi connectivity index (χ4n) is 6.97. The zero-order chi connectivity index (χ0) is 34.4. The summed E-state index contributed by atoms with van der Waals surface area (Å²) in [6.45, 7) is 8.36. The van der Waals surface area contributed by atoms with Gasteiger partial charge in [-0.2, -0.15) is 0 Å². The Morgan fingerprint density at radius 3 is 2.39 bits per heavy atom. The van der Waals surface area contributed by atoms with Crippen molar-refractivity contribution in [2.45, 2.75) is 102 Å². The van der Waals surface area contributed by atoms with Crippen LogP contribution in [0.2, 0.25) is 0 Å². The summed E-state index contributed by atoms with van der Waals surface area (Å²) in [4.78, 5) is 26.0. The van der Waals surface area contributed by atoms with Gasteiger partial charge in [0.2, 0.25) is 11.8 Å². The number of carbonyl (C=O) groups is 2. The molecule has 3 aromatic carbocycles. The van der Waals surface area contributed by atoms with E-state index in [2.05, 4.69) is 70.6 Å². The lowest BCUT2D eigenvalue weighted by atomic mass is 9.98. The maximum atomic E-state index is 12.5. The molecule has 2 fully saturated rings. The molecule has 8 nitrogen and oxygen atoms in total. The van der Waals surface area contributed by atoms with Crippen molar-refractivity contribution in [2.24, 2.45) is 0 Å². The molecule has 0 spiro atoms. The number of rotatable bonds is 17. The van der Waals surface area contributed by atoms with Gasteiger partial charge < -0.3 is 25.2 Å². The van der Waals surface area contributed by atoms with Crippen LogP contribution in [-0.2, 0) is 32.2 Å². The lowest BCUT2D eigenvalue weighted by Gasteiger charge is -2.39. The number of ether oxygens (including phenoxy) is 2. The quantitative estimate of drug-likeness (QED) is 0.105. The largest absolute Gasteiger partial charge is 0.392 e. The number of aliphatic hydroxyl groups is 1. The summed E-state index contributed by atoms with van der Waals surface area (Å²) in [7, 11) is 0. The summed E-state index contributed by atoms with van der Waals surface area (Å²) >= 11 is 0. The molecule has 0 radical (unpaired) electrons. The van der Waals surface area contributed by atoms with Crippen molar-refractivity contribution in [3.63, 3.8) is 0 Å². The molecule has 3 aromatic rings. The summed E-state index contributed by atoms with van der Waals surface area (Å²) in [6, 6.07) is 25.2. The van der Waals surface area contributed by atoms with Crippen molar-refractivity contribution in [3.8, 4) is 11.1 Å².